The fourth-order valence-corrected chi connectivity index (χ4v) is 2.48. The topological polar surface area (TPSA) is 20.7 Å². The Labute approximate surface area is 121 Å². The van der Waals surface area contributed by atoms with E-state index in [9.17, 15) is 13.2 Å². The van der Waals surface area contributed by atoms with Crippen molar-refractivity contribution in [1.82, 2.24) is 9.55 Å². The first-order valence-corrected chi connectivity index (χ1v) is 6.32. The molecule has 0 spiro atoms. The number of hydrogen-bond acceptors (Lipinski definition) is 1. The first-order valence-electron chi connectivity index (χ1n) is 5.53. The van der Waals surface area contributed by atoms with E-state index < -0.39 is 17.5 Å². The van der Waals surface area contributed by atoms with Crippen LogP contribution in [0.3, 0.4) is 0 Å². The molecule has 3 rings (SSSR count). The van der Waals surface area contributed by atoms with Gasteiger partial charge in [-0.15, -0.1) is 0 Å². The number of aromatic amines is 1. The number of H-pyrrole nitrogens is 1. The van der Waals surface area contributed by atoms with Gasteiger partial charge < -0.3 is 4.98 Å². The Hall–Kier alpha value is -1.79. The number of imidazole rings is 1. The third-order valence-electron chi connectivity index (χ3n) is 2.90. The summed E-state index contributed by atoms with van der Waals surface area (Å²) in [5.41, 5.74) is 0.643. The highest BCUT2D eigenvalue weighted by molar-refractivity contribution is 7.71. The van der Waals surface area contributed by atoms with E-state index in [-0.39, 0.29) is 15.3 Å². The molecule has 0 bridgehead atoms. The van der Waals surface area contributed by atoms with Crippen LogP contribution in [-0.2, 0) is 0 Å². The van der Waals surface area contributed by atoms with Gasteiger partial charge >= 0.3 is 0 Å². The Bertz CT molecular complexity index is 885. The Morgan fingerprint density at radius 1 is 1.05 bits per heavy atom. The molecule has 2 nitrogen and oxygen atoms in total. The first-order chi connectivity index (χ1) is 9.49. The zero-order valence-electron chi connectivity index (χ0n) is 9.75. The van der Waals surface area contributed by atoms with Crippen molar-refractivity contribution in [2.24, 2.45) is 0 Å². The van der Waals surface area contributed by atoms with Crippen LogP contribution in [0.1, 0.15) is 0 Å². The lowest BCUT2D eigenvalue weighted by Crippen LogP contribution is -1.98. The van der Waals surface area contributed by atoms with Crippen LogP contribution in [0.15, 0.2) is 30.3 Å². The highest BCUT2D eigenvalue weighted by Gasteiger charge is 2.15. The summed E-state index contributed by atoms with van der Waals surface area (Å²) in [7, 11) is 0. The molecule has 0 amide bonds. The van der Waals surface area contributed by atoms with Gasteiger partial charge in [0.1, 0.15) is 11.3 Å². The number of halogens is 4. The quantitative estimate of drug-likeness (QED) is 0.642. The number of nitrogens with one attached hydrogen (secondary N) is 1. The third kappa shape index (κ3) is 1.92. The van der Waals surface area contributed by atoms with Crippen molar-refractivity contribution in [3.8, 4) is 5.69 Å². The van der Waals surface area contributed by atoms with E-state index in [1.807, 2.05) is 0 Å². The van der Waals surface area contributed by atoms with E-state index in [4.69, 9.17) is 23.8 Å². The first kappa shape index (κ1) is 13.2. The molecule has 7 heteroatoms. The zero-order valence-corrected chi connectivity index (χ0v) is 11.3. The summed E-state index contributed by atoms with van der Waals surface area (Å²) in [4.78, 5) is 2.76. The maximum Gasteiger partial charge on any atom is 0.184 e. The molecule has 1 heterocycles. The molecule has 0 aliphatic heterocycles. The van der Waals surface area contributed by atoms with Gasteiger partial charge in [0.15, 0.2) is 16.4 Å². The molecule has 20 heavy (non-hydrogen) atoms. The average Bonchev–Trinajstić information content (AvgIpc) is 2.74. The molecule has 1 aromatic heterocycles. The molecule has 3 aromatic rings. The van der Waals surface area contributed by atoms with Crippen LogP contribution < -0.4 is 0 Å². The Morgan fingerprint density at radius 2 is 1.75 bits per heavy atom. The van der Waals surface area contributed by atoms with Gasteiger partial charge in [0.05, 0.1) is 16.2 Å². The van der Waals surface area contributed by atoms with Crippen LogP contribution in [0.4, 0.5) is 13.2 Å². The summed E-state index contributed by atoms with van der Waals surface area (Å²) < 4.78 is 42.0. The lowest BCUT2D eigenvalue weighted by molar-refractivity contribution is 0.514. The average molecular weight is 315 g/mol. The van der Waals surface area contributed by atoms with Gasteiger partial charge in [0, 0.05) is 0 Å². The molecule has 0 unspecified atom stereocenters. The van der Waals surface area contributed by atoms with E-state index in [1.54, 1.807) is 0 Å². The molecule has 0 aliphatic carbocycles. The number of nitrogens with zero attached hydrogens (tertiary/aromatic N) is 1. The predicted molar refractivity (Wildman–Crippen MR) is 73.3 cm³/mol. The molecule has 0 atom stereocenters. The molecule has 0 aliphatic rings. The second kappa shape index (κ2) is 4.64. The smallest absolute Gasteiger partial charge is 0.184 e. The SMILES string of the molecule is Fc1ccc(-n2c(=S)[nH]c3ccc(F)c(F)c32)cc1Cl. The van der Waals surface area contributed by atoms with E-state index in [2.05, 4.69) is 4.98 Å². The highest BCUT2D eigenvalue weighted by atomic mass is 35.5. The minimum Gasteiger partial charge on any atom is -0.330 e. The van der Waals surface area contributed by atoms with Gasteiger partial charge in [0.2, 0.25) is 0 Å². The number of hydrogen-bond donors (Lipinski definition) is 1. The Kier molecular flexibility index (Phi) is 3.07. The summed E-state index contributed by atoms with van der Waals surface area (Å²) in [6.45, 7) is 0. The van der Waals surface area contributed by atoms with Crippen LogP contribution in [0.5, 0.6) is 0 Å². The van der Waals surface area contributed by atoms with E-state index in [1.165, 1.54) is 22.8 Å². The second-order valence-electron chi connectivity index (χ2n) is 4.12. The largest absolute Gasteiger partial charge is 0.330 e. The Morgan fingerprint density at radius 3 is 2.45 bits per heavy atom. The molecule has 102 valence electrons. The lowest BCUT2D eigenvalue weighted by Gasteiger charge is -2.06. The van der Waals surface area contributed by atoms with Gasteiger partial charge in [-0.3, -0.25) is 4.57 Å². The van der Waals surface area contributed by atoms with Crippen LogP contribution in [0.25, 0.3) is 16.7 Å². The maximum atomic E-state index is 14.0. The molecule has 1 N–H and O–H groups in total. The van der Waals surface area contributed by atoms with Crippen molar-refractivity contribution < 1.29 is 13.2 Å². The summed E-state index contributed by atoms with van der Waals surface area (Å²) in [5.74, 6) is -2.63. The third-order valence-corrected chi connectivity index (χ3v) is 3.47. The normalized spacial score (nSPS) is 11.2. The van der Waals surface area contributed by atoms with Crippen molar-refractivity contribution in [1.29, 1.82) is 0 Å². The van der Waals surface area contributed by atoms with Crippen LogP contribution in [-0.4, -0.2) is 9.55 Å². The summed E-state index contributed by atoms with van der Waals surface area (Å²) >= 11 is 10.8. The summed E-state index contributed by atoms with van der Waals surface area (Å²) in [6.07, 6.45) is 0. The summed E-state index contributed by atoms with van der Waals surface area (Å²) in [6, 6.07) is 6.20. The molecular formula is C13H6ClF3N2S. The van der Waals surface area contributed by atoms with Gasteiger partial charge in [-0.2, -0.15) is 0 Å². The second-order valence-corrected chi connectivity index (χ2v) is 4.92. The van der Waals surface area contributed by atoms with E-state index >= 15 is 0 Å². The van der Waals surface area contributed by atoms with E-state index in [0.29, 0.717) is 11.2 Å². The van der Waals surface area contributed by atoms with E-state index in [0.717, 1.165) is 12.1 Å². The van der Waals surface area contributed by atoms with Crippen LogP contribution in [0.2, 0.25) is 5.02 Å². The number of rotatable bonds is 1. The number of benzene rings is 2. The number of fused-ring (bicyclic) bond motifs is 1. The molecule has 0 saturated heterocycles. The molecule has 0 fully saturated rings. The minimum atomic E-state index is -1.03. The van der Waals surface area contributed by atoms with Crippen molar-refractivity contribution in [2.45, 2.75) is 0 Å². The molecule has 0 saturated carbocycles. The molecule has 0 radical (unpaired) electrons. The minimum absolute atomic E-state index is 0.0438. The maximum absolute atomic E-state index is 14.0. The Balaban J connectivity index is 2.41. The molecular weight excluding hydrogens is 309 g/mol. The van der Waals surface area contributed by atoms with Gasteiger partial charge in [-0.05, 0) is 42.5 Å². The fraction of sp³-hybridized carbons (Fsp3) is 0. The monoisotopic (exact) mass is 314 g/mol. The lowest BCUT2D eigenvalue weighted by atomic mass is 10.2. The van der Waals surface area contributed by atoms with Crippen LogP contribution in [0, 0.1) is 22.2 Å². The van der Waals surface area contributed by atoms with Crippen LogP contribution >= 0.6 is 23.8 Å². The van der Waals surface area contributed by atoms with Crippen molar-refractivity contribution in [3.63, 3.8) is 0 Å². The summed E-state index contributed by atoms with van der Waals surface area (Å²) in [5, 5.41) is -0.129. The molecule has 2 aromatic carbocycles. The standard InChI is InChI=1S/C13H6ClF3N2S/c14-7-5-6(1-2-8(7)15)19-12-10(18-13(19)20)4-3-9(16)11(12)17/h1-5H,(H,18,20). The van der Waals surface area contributed by atoms with Gasteiger partial charge in [0.25, 0.3) is 0 Å². The van der Waals surface area contributed by atoms with Gasteiger partial charge in [-0.1, -0.05) is 11.6 Å². The number of aromatic nitrogens is 2. The fourth-order valence-electron chi connectivity index (χ4n) is 2.00. The van der Waals surface area contributed by atoms with Crippen molar-refractivity contribution >= 4 is 34.9 Å². The van der Waals surface area contributed by atoms with Crippen molar-refractivity contribution in [3.05, 3.63) is 57.6 Å². The zero-order chi connectivity index (χ0) is 14.4. The van der Waals surface area contributed by atoms with Crippen molar-refractivity contribution in [2.75, 3.05) is 0 Å². The predicted octanol–water partition coefficient (Wildman–Crippen LogP) is 4.76. The van der Waals surface area contributed by atoms with Gasteiger partial charge in [-0.25, -0.2) is 13.2 Å². The highest BCUT2D eigenvalue weighted by Crippen LogP contribution is 2.26.